The van der Waals surface area contributed by atoms with E-state index in [1.54, 1.807) is 7.05 Å². The monoisotopic (exact) mass is 113 g/mol. The topological polar surface area (TPSA) is 36.8 Å². The fourth-order valence-corrected chi connectivity index (χ4v) is 0.247. The van der Waals surface area contributed by atoms with E-state index >= 15 is 0 Å². The molecule has 0 aromatic carbocycles. The van der Waals surface area contributed by atoms with Crippen molar-refractivity contribution in [2.75, 3.05) is 13.6 Å². The number of hydrogen-bond acceptors (Lipinski definition) is 3. The average molecular weight is 113 g/mol. The first-order chi connectivity index (χ1) is 3.91. The summed E-state index contributed by atoms with van der Waals surface area (Å²) >= 11 is 0. The summed E-state index contributed by atoms with van der Waals surface area (Å²) in [5, 5.41) is 3.54. The van der Waals surface area contributed by atoms with E-state index in [4.69, 9.17) is 0 Å². The molecule has 46 valence electrons. The van der Waals surface area contributed by atoms with Gasteiger partial charge in [-0.25, -0.2) is 4.99 Å². The highest BCUT2D eigenvalue weighted by Crippen LogP contribution is 1.71. The van der Waals surface area contributed by atoms with Gasteiger partial charge in [-0.3, -0.25) is 0 Å². The molecule has 3 heteroatoms. The third-order valence-electron chi connectivity index (χ3n) is 0.568. The van der Waals surface area contributed by atoms with E-state index in [1.165, 1.54) is 0 Å². The van der Waals surface area contributed by atoms with Gasteiger partial charge in [0, 0.05) is 13.6 Å². The molecule has 0 amide bonds. The van der Waals surface area contributed by atoms with Crippen LogP contribution in [-0.2, 0) is 0 Å². The van der Waals surface area contributed by atoms with Gasteiger partial charge in [0.1, 0.15) is 6.01 Å². The normalized spacial score (nSPS) is 7.25. The van der Waals surface area contributed by atoms with Crippen LogP contribution in [-0.4, -0.2) is 19.6 Å². The van der Waals surface area contributed by atoms with E-state index in [0.29, 0.717) is 0 Å². The lowest BCUT2D eigenvalue weighted by molar-refractivity contribution is 0.894. The predicted octanol–water partition coefficient (Wildman–Crippen LogP) is 0.705. The van der Waals surface area contributed by atoms with Gasteiger partial charge in [0.15, 0.2) is 0 Å². The summed E-state index contributed by atoms with van der Waals surface area (Å²) in [5.41, 5.74) is 2.55. The number of hydrazone groups is 1. The molecule has 8 heavy (non-hydrogen) atoms. The number of aliphatic imine (C=N–C) groups is 1. The van der Waals surface area contributed by atoms with E-state index in [1.807, 2.05) is 0 Å². The van der Waals surface area contributed by atoms with Gasteiger partial charge in [-0.15, -0.1) is 5.10 Å². The maximum atomic E-state index is 3.80. The zero-order valence-corrected chi connectivity index (χ0v) is 5.31. The first-order valence-corrected chi connectivity index (χ1v) is 2.69. The SMILES string of the molecule is CCCN=C=NNC. The molecule has 0 radical (unpaired) electrons. The molecule has 0 bridgehead atoms. The molecular weight excluding hydrogens is 102 g/mol. The molecule has 0 fully saturated rings. The lowest BCUT2D eigenvalue weighted by Gasteiger charge is -1.77. The first kappa shape index (κ1) is 7.18. The van der Waals surface area contributed by atoms with Crippen LogP contribution in [0.1, 0.15) is 13.3 Å². The molecule has 0 aromatic rings. The minimum atomic E-state index is 0.811. The van der Waals surface area contributed by atoms with E-state index in [2.05, 4.69) is 28.5 Å². The van der Waals surface area contributed by atoms with Crippen LogP contribution in [0.5, 0.6) is 0 Å². The fourth-order valence-electron chi connectivity index (χ4n) is 0.247. The summed E-state index contributed by atoms with van der Waals surface area (Å²) in [4.78, 5) is 3.80. The number of nitrogens with one attached hydrogen (secondary N) is 1. The zero-order chi connectivity index (χ0) is 6.24. The second kappa shape index (κ2) is 6.18. The van der Waals surface area contributed by atoms with Gasteiger partial charge in [0.05, 0.1) is 0 Å². The Morgan fingerprint density at radius 1 is 1.62 bits per heavy atom. The van der Waals surface area contributed by atoms with Crippen LogP contribution in [0, 0.1) is 0 Å². The van der Waals surface area contributed by atoms with Crippen LogP contribution < -0.4 is 5.43 Å². The molecule has 0 rings (SSSR count). The Hall–Kier alpha value is -0.820. The fraction of sp³-hybridized carbons (Fsp3) is 0.800. The second-order valence-corrected chi connectivity index (χ2v) is 1.32. The van der Waals surface area contributed by atoms with E-state index in [0.717, 1.165) is 13.0 Å². The standard InChI is InChI=1S/C5H11N3/c1-3-4-7-5-8-6-2/h6H,3-4H2,1-2H3. The number of hydrogen-bond donors (Lipinski definition) is 1. The highest BCUT2D eigenvalue weighted by Gasteiger charge is 1.66. The van der Waals surface area contributed by atoms with Crippen molar-refractivity contribution in [1.82, 2.24) is 5.43 Å². The van der Waals surface area contributed by atoms with Gasteiger partial charge in [-0.1, -0.05) is 6.92 Å². The quantitative estimate of drug-likeness (QED) is 0.424. The van der Waals surface area contributed by atoms with Crippen LogP contribution in [0.3, 0.4) is 0 Å². The van der Waals surface area contributed by atoms with Gasteiger partial charge in [-0.2, -0.15) is 0 Å². The van der Waals surface area contributed by atoms with Gasteiger partial charge in [0.25, 0.3) is 0 Å². The van der Waals surface area contributed by atoms with E-state index in [-0.39, 0.29) is 0 Å². The average Bonchev–Trinajstić information content (AvgIpc) is 1.81. The molecule has 0 aromatic heterocycles. The molecule has 0 unspecified atom stereocenters. The molecule has 0 heterocycles. The summed E-state index contributed by atoms with van der Waals surface area (Å²) in [7, 11) is 1.72. The molecule has 0 saturated carbocycles. The first-order valence-electron chi connectivity index (χ1n) is 2.69. The molecule has 1 N–H and O–H groups in total. The van der Waals surface area contributed by atoms with E-state index < -0.39 is 0 Å². The second-order valence-electron chi connectivity index (χ2n) is 1.32. The van der Waals surface area contributed by atoms with Crippen molar-refractivity contribution in [1.29, 1.82) is 0 Å². The lowest BCUT2D eigenvalue weighted by Crippen LogP contribution is -1.90. The van der Waals surface area contributed by atoms with Crippen molar-refractivity contribution >= 4 is 6.01 Å². The van der Waals surface area contributed by atoms with Crippen molar-refractivity contribution < 1.29 is 0 Å². The predicted molar refractivity (Wildman–Crippen MR) is 34.1 cm³/mol. The van der Waals surface area contributed by atoms with Gasteiger partial charge in [-0.05, 0) is 6.42 Å². The molecule has 0 atom stereocenters. The van der Waals surface area contributed by atoms with Crippen LogP contribution in [0.2, 0.25) is 0 Å². The smallest absolute Gasteiger partial charge is 0.114 e. The van der Waals surface area contributed by atoms with Gasteiger partial charge in [0.2, 0.25) is 0 Å². The third-order valence-corrected chi connectivity index (χ3v) is 0.568. The Kier molecular flexibility index (Phi) is 5.55. The van der Waals surface area contributed by atoms with E-state index in [9.17, 15) is 0 Å². The Morgan fingerprint density at radius 3 is 2.88 bits per heavy atom. The highest BCUT2D eigenvalue weighted by atomic mass is 15.3. The minimum Gasteiger partial charge on any atom is -0.304 e. The van der Waals surface area contributed by atoms with Crippen molar-refractivity contribution in [3.05, 3.63) is 0 Å². The lowest BCUT2D eigenvalue weighted by atomic mass is 10.5. The van der Waals surface area contributed by atoms with Gasteiger partial charge >= 0.3 is 0 Å². The Morgan fingerprint density at radius 2 is 2.38 bits per heavy atom. The highest BCUT2D eigenvalue weighted by molar-refractivity contribution is 5.40. The van der Waals surface area contributed by atoms with Crippen LogP contribution in [0.25, 0.3) is 0 Å². The summed E-state index contributed by atoms with van der Waals surface area (Å²) in [6.07, 6.45) is 1.05. The van der Waals surface area contributed by atoms with Gasteiger partial charge < -0.3 is 5.43 Å². The number of nitrogens with zero attached hydrogens (tertiary/aromatic N) is 2. The van der Waals surface area contributed by atoms with Crippen molar-refractivity contribution in [3.8, 4) is 0 Å². The summed E-state index contributed by atoms with van der Waals surface area (Å²) in [5.74, 6) is 0. The zero-order valence-electron chi connectivity index (χ0n) is 5.31. The summed E-state index contributed by atoms with van der Waals surface area (Å²) in [6.45, 7) is 2.87. The maximum Gasteiger partial charge on any atom is 0.114 e. The Bertz CT molecular complexity index is 91.8. The summed E-state index contributed by atoms with van der Waals surface area (Å²) < 4.78 is 0. The Balaban J connectivity index is 3.18. The third kappa shape index (κ3) is 5.18. The summed E-state index contributed by atoms with van der Waals surface area (Å²) in [6, 6.07) is 2.47. The van der Waals surface area contributed by atoms with Crippen molar-refractivity contribution in [2.24, 2.45) is 10.1 Å². The van der Waals surface area contributed by atoms with Crippen molar-refractivity contribution in [3.63, 3.8) is 0 Å². The number of rotatable bonds is 3. The van der Waals surface area contributed by atoms with Crippen LogP contribution in [0.15, 0.2) is 10.1 Å². The Labute approximate surface area is 49.5 Å². The van der Waals surface area contributed by atoms with Crippen molar-refractivity contribution in [2.45, 2.75) is 13.3 Å². The molecular formula is C5H11N3. The molecule has 0 spiro atoms. The largest absolute Gasteiger partial charge is 0.304 e. The maximum absolute atomic E-state index is 3.80. The molecule has 3 nitrogen and oxygen atoms in total. The molecule has 0 aliphatic carbocycles. The molecule has 0 aliphatic rings. The molecule has 0 aliphatic heterocycles. The minimum absolute atomic E-state index is 0.811. The van der Waals surface area contributed by atoms with Crippen LogP contribution in [0.4, 0.5) is 0 Å². The molecule has 0 saturated heterocycles. The van der Waals surface area contributed by atoms with Crippen LogP contribution >= 0.6 is 0 Å².